The maximum absolute atomic E-state index is 12.7. The Morgan fingerprint density at radius 3 is 2.19 bits per heavy atom. The van der Waals surface area contributed by atoms with E-state index in [4.69, 9.17) is 21.4 Å². The van der Waals surface area contributed by atoms with Crippen LogP contribution in [0, 0.1) is 0 Å². The molecule has 2 rings (SSSR count). The molecule has 0 aliphatic carbocycles. The fourth-order valence-electron chi connectivity index (χ4n) is 2.93. The summed E-state index contributed by atoms with van der Waals surface area (Å²) in [6, 6.07) is 8.14. The van der Waals surface area contributed by atoms with Crippen molar-refractivity contribution in [3.8, 4) is 17.2 Å². The highest BCUT2D eigenvalue weighted by molar-refractivity contribution is 7.46. The van der Waals surface area contributed by atoms with E-state index in [9.17, 15) is 29.5 Å². The predicted octanol–water partition coefficient (Wildman–Crippen LogP) is 0.227. The molecule has 0 radical (unpaired) electrons. The van der Waals surface area contributed by atoms with Gasteiger partial charge in [-0.3, -0.25) is 19.6 Å². The van der Waals surface area contributed by atoms with Crippen LogP contribution in [0.5, 0.6) is 17.2 Å². The van der Waals surface area contributed by atoms with Crippen molar-refractivity contribution in [3.63, 3.8) is 0 Å². The number of benzene rings is 2. The second kappa shape index (κ2) is 9.55. The maximum atomic E-state index is 12.7. The van der Waals surface area contributed by atoms with Crippen molar-refractivity contribution >= 4 is 19.7 Å². The van der Waals surface area contributed by atoms with E-state index >= 15 is 0 Å². The summed E-state index contributed by atoms with van der Waals surface area (Å²) in [5.74, 6) is 2.46. The number of carboxylic acid groups (broad SMARTS) is 1. The summed E-state index contributed by atoms with van der Waals surface area (Å²) in [4.78, 5) is 42.4. The Labute approximate surface area is 182 Å². The summed E-state index contributed by atoms with van der Waals surface area (Å²) in [6.07, 6.45) is -0.321. The molecule has 1 unspecified atom stereocenters. The van der Waals surface area contributed by atoms with Crippen LogP contribution >= 0.6 is 7.82 Å². The molecule has 0 aliphatic heterocycles. The first-order valence-corrected chi connectivity index (χ1v) is 10.7. The molecule has 0 saturated carbocycles. The van der Waals surface area contributed by atoms with Crippen molar-refractivity contribution < 1.29 is 43.8 Å². The number of phenols is 2. The Morgan fingerprint density at radius 2 is 1.69 bits per heavy atom. The fraction of sp³-hybridized carbons (Fsp3) is 0.263. The molecular weight excluding hydrogens is 445 g/mol. The van der Waals surface area contributed by atoms with Crippen molar-refractivity contribution in [1.82, 2.24) is 5.01 Å². The molecule has 2 atom stereocenters. The molecule has 2 aromatic carbocycles. The summed E-state index contributed by atoms with van der Waals surface area (Å²) in [5.41, 5.74) is 4.77. The SMILES string of the molecule is CC(Cc1ccc(OP(=O)(O)O)c(O)c1)(C(=O)O)N(N)C(=O)[C@@H](N)Cc1ccc(O)cc1. The quantitative estimate of drug-likeness (QED) is 0.114. The summed E-state index contributed by atoms with van der Waals surface area (Å²) in [5, 5.41) is 29.5. The van der Waals surface area contributed by atoms with Crippen LogP contribution in [0.2, 0.25) is 0 Å². The number of carbonyl (C=O) groups is 2. The number of hydrazine groups is 1. The predicted molar refractivity (Wildman–Crippen MR) is 111 cm³/mol. The lowest BCUT2D eigenvalue weighted by Crippen LogP contribution is -2.63. The Hall–Kier alpha value is -3.15. The Morgan fingerprint density at radius 1 is 1.12 bits per heavy atom. The zero-order valence-corrected chi connectivity index (χ0v) is 17.8. The molecule has 174 valence electrons. The van der Waals surface area contributed by atoms with E-state index in [1.54, 1.807) is 12.1 Å². The van der Waals surface area contributed by atoms with E-state index in [-0.39, 0.29) is 24.2 Å². The van der Waals surface area contributed by atoms with Gasteiger partial charge in [-0.15, -0.1) is 0 Å². The lowest BCUT2D eigenvalue weighted by atomic mass is 9.91. The van der Waals surface area contributed by atoms with Gasteiger partial charge in [0.1, 0.15) is 5.75 Å². The Balaban J connectivity index is 2.21. The number of carbonyl (C=O) groups excluding carboxylic acids is 1. The van der Waals surface area contributed by atoms with Crippen LogP contribution in [0.15, 0.2) is 42.5 Å². The lowest BCUT2D eigenvalue weighted by molar-refractivity contribution is -0.159. The van der Waals surface area contributed by atoms with Gasteiger partial charge in [0.05, 0.1) is 6.04 Å². The number of aromatic hydroxyl groups is 2. The summed E-state index contributed by atoms with van der Waals surface area (Å²) in [7, 11) is -4.91. The average Bonchev–Trinajstić information content (AvgIpc) is 2.69. The second-order valence-electron chi connectivity index (χ2n) is 7.33. The number of nitrogens with two attached hydrogens (primary N) is 2. The largest absolute Gasteiger partial charge is 0.524 e. The van der Waals surface area contributed by atoms with Gasteiger partial charge in [-0.25, -0.2) is 15.2 Å². The Bertz CT molecular complexity index is 1040. The van der Waals surface area contributed by atoms with E-state index in [2.05, 4.69) is 4.52 Å². The lowest BCUT2D eigenvalue weighted by Gasteiger charge is -2.36. The highest BCUT2D eigenvalue weighted by atomic mass is 31.2. The van der Waals surface area contributed by atoms with Crippen molar-refractivity contribution in [2.75, 3.05) is 0 Å². The normalized spacial score (nSPS) is 14.3. The third kappa shape index (κ3) is 6.19. The van der Waals surface area contributed by atoms with Gasteiger partial charge in [-0.2, -0.15) is 0 Å². The first-order chi connectivity index (χ1) is 14.7. The van der Waals surface area contributed by atoms with E-state index < -0.39 is 42.8 Å². The van der Waals surface area contributed by atoms with Gasteiger partial charge in [0, 0.05) is 6.42 Å². The number of amides is 1. The number of rotatable bonds is 9. The minimum Gasteiger partial charge on any atom is -0.508 e. The third-order valence-corrected chi connectivity index (χ3v) is 5.16. The number of hydrogen-bond acceptors (Lipinski definition) is 8. The standard InChI is InChI=1S/C19H24N3O9P/c1-19(18(26)27,10-12-4-7-16(15(24)9-12)31-32(28,29)30)22(21)17(25)14(20)8-11-2-5-13(23)6-3-11/h2-7,9,14,23-24H,8,10,20-21H2,1H3,(H,26,27)(H2,28,29,30)/t14-,19?/m0/s1. The number of hydrogen-bond donors (Lipinski definition) is 7. The number of phosphoric acid groups is 1. The summed E-state index contributed by atoms with van der Waals surface area (Å²) in [6.45, 7) is 1.19. The maximum Gasteiger partial charge on any atom is 0.524 e. The highest BCUT2D eigenvalue weighted by Crippen LogP contribution is 2.42. The van der Waals surface area contributed by atoms with Crippen LogP contribution in [0.4, 0.5) is 0 Å². The topological polar surface area (TPSA) is 217 Å². The van der Waals surface area contributed by atoms with Crippen molar-refractivity contribution in [2.24, 2.45) is 11.6 Å². The zero-order chi connectivity index (χ0) is 24.3. The molecule has 13 heteroatoms. The van der Waals surface area contributed by atoms with Crippen LogP contribution in [0.1, 0.15) is 18.1 Å². The van der Waals surface area contributed by atoms with E-state index in [0.29, 0.717) is 10.6 Å². The monoisotopic (exact) mass is 469 g/mol. The minimum absolute atomic E-state index is 0.0352. The second-order valence-corrected chi connectivity index (χ2v) is 8.49. The van der Waals surface area contributed by atoms with Crippen molar-refractivity contribution in [1.29, 1.82) is 0 Å². The summed E-state index contributed by atoms with van der Waals surface area (Å²) < 4.78 is 15.3. The smallest absolute Gasteiger partial charge is 0.508 e. The molecule has 1 amide bonds. The van der Waals surface area contributed by atoms with Gasteiger partial charge >= 0.3 is 13.8 Å². The van der Waals surface area contributed by atoms with Crippen LogP contribution in [-0.2, 0) is 27.0 Å². The minimum atomic E-state index is -4.91. The Kier molecular flexibility index (Phi) is 7.50. The number of phenolic OH excluding ortho intramolecular Hbond substituents is 2. The van der Waals surface area contributed by atoms with Crippen molar-refractivity contribution in [2.45, 2.75) is 31.3 Å². The molecule has 0 bridgehead atoms. The fourth-order valence-corrected chi connectivity index (χ4v) is 3.35. The number of aliphatic carboxylic acids is 1. The van der Waals surface area contributed by atoms with Gasteiger partial charge in [-0.05, 0) is 48.7 Å². The number of carboxylic acids is 1. The molecule has 0 saturated heterocycles. The molecule has 9 N–H and O–H groups in total. The number of phosphoric ester groups is 1. The van der Waals surface area contributed by atoms with Crippen LogP contribution in [-0.4, -0.2) is 53.6 Å². The van der Waals surface area contributed by atoms with Gasteiger partial charge in [0.25, 0.3) is 5.91 Å². The van der Waals surface area contributed by atoms with Gasteiger partial charge in [-0.1, -0.05) is 18.2 Å². The zero-order valence-electron chi connectivity index (χ0n) is 17.0. The number of nitrogens with zero attached hydrogens (tertiary/aromatic N) is 1. The summed E-state index contributed by atoms with van der Waals surface area (Å²) >= 11 is 0. The van der Waals surface area contributed by atoms with Crippen LogP contribution in [0.3, 0.4) is 0 Å². The molecule has 0 aromatic heterocycles. The molecule has 0 fully saturated rings. The van der Waals surface area contributed by atoms with Crippen LogP contribution < -0.4 is 16.1 Å². The molecule has 0 heterocycles. The van der Waals surface area contributed by atoms with E-state index in [1.165, 1.54) is 25.1 Å². The van der Waals surface area contributed by atoms with Crippen molar-refractivity contribution in [3.05, 3.63) is 53.6 Å². The molecular formula is C19H24N3O9P. The highest BCUT2D eigenvalue weighted by Gasteiger charge is 2.43. The third-order valence-electron chi connectivity index (χ3n) is 4.73. The first-order valence-electron chi connectivity index (χ1n) is 9.15. The van der Waals surface area contributed by atoms with E-state index in [0.717, 1.165) is 12.1 Å². The van der Waals surface area contributed by atoms with Gasteiger partial charge in [0.2, 0.25) is 0 Å². The molecule has 0 spiro atoms. The van der Waals surface area contributed by atoms with E-state index in [1.807, 2.05) is 0 Å². The first kappa shape index (κ1) is 25.1. The molecule has 0 aliphatic rings. The molecule has 2 aromatic rings. The van der Waals surface area contributed by atoms with Gasteiger partial charge < -0.3 is 25.6 Å². The molecule has 12 nitrogen and oxygen atoms in total. The molecule has 32 heavy (non-hydrogen) atoms. The van der Waals surface area contributed by atoms with Crippen LogP contribution in [0.25, 0.3) is 0 Å². The van der Waals surface area contributed by atoms with Gasteiger partial charge in [0.15, 0.2) is 17.0 Å². The average molecular weight is 469 g/mol.